The van der Waals surface area contributed by atoms with Gasteiger partial charge in [-0.15, -0.1) is 0 Å². The molecule has 0 saturated heterocycles. The maximum absolute atomic E-state index is 13.6. The molecule has 0 unspecified atom stereocenters. The summed E-state index contributed by atoms with van der Waals surface area (Å²) in [5, 5.41) is 7.69. The van der Waals surface area contributed by atoms with Crippen LogP contribution in [0.2, 0.25) is 5.02 Å². The summed E-state index contributed by atoms with van der Waals surface area (Å²) in [4.78, 5) is 16.2. The molecule has 2 heterocycles. The van der Waals surface area contributed by atoms with Gasteiger partial charge in [0.2, 0.25) is 11.3 Å². The zero-order valence-corrected chi connectivity index (χ0v) is 14.5. The molecule has 10 heteroatoms. The summed E-state index contributed by atoms with van der Waals surface area (Å²) in [5.41, 5.74) is -0.273. The first-order valence-electron chi connectivity index (χ1n) is 7.77. The Morgan fingerprint density at radius 1 is 0.964 bits per heavy atom. The molecule has 6 nitrogen and oxygen atoms in total. The Bertz CT molecular complexity index is 1260. The van der Waals surface area contributed by atoms with Crippen LogP contribution in [0.1, 0.15) is 0 Å². The van der Waals surface area contributed by atoms with Crippen molar-refractivity contribution in [3.05, 3.63) is 81.4 Å². The minimum absolute atomic E-state index is 0.0231. The lowest BCUT2D eigenvalue weighted by atomic mass is 10.2. The zero-order valence-electron chi connectivity index (χ0n) is 13.7. The van der Waals surface area contributed by atoms with Crippen molar-refractivity contribution in [2.75, 3.05) is 0 Å². The second-order valence-corrected chi connectivity index (χ2v) is 6.03. The Kier molecular flexibility index (Phi) is 4.44. The van der Waals surface area contributed by atoms with Crippen LogP contribution in [-0.4, -0.2) is 19.9 Å². The van der Waals surface area contributed by atoms with E-state index in [9.17, 15) is 18.0 Å². The lowest BCUT2D eigenvalue weighted by Crippen LogP contribution is -2.13. The van der Waals surface area contributed by atoms with Crippen molar-refractivity contribution >= 4 is 11.6 Å². The molecule has 0 aliphatic heterocycles. The molecule has 0 aliphatic rings. The molecule has 0 aliphatic carbocycles. The van der Waals surface area contributed by atoms with Crippen LogP contribution in [-0.2, 0) is 0 Å². The molecule has 0 amide bonds. The van der Waals surface area contributed by atoms with E-state index in [1.807, 2.05) is 0 Å². The largest absolute Gasteiger partial charge is 0.332 e. The van der Waals surface area contributed by atoms with Gasteiger partial charge in [-0.2, -0.15) is 10.1 Å². The van der Waals surface area contributed by atoms with Crippen LogP contribution in [0.5, 0.6) is 0 Å². The third kappa shape index (κ3) is 3.27. The van der Waals surface area contributed by atoms with Crippen LogP contribution in [0, 0.1) is 17.5 Å². The predicted molar refractivity (Wildman–Crippen MR) is 93.4 cm³/mol. The first-order chi connectivity index (χ1) is 13.4. The molecule has 0 radical (unpaired) electrons. The summed E-state index contributed by atoms with van der Waals surface area (Å²) in [6.07, 6.45) is 1.28. The summed E-state index contributed by atoms with van der Waals surface area (Å²) >= 11 is 5.64. The Morgan fingerprint density at radius 2 is 1.79 bits per heavy atom. The summed E-state index contributed by atoms with van der Waals surface area (Å²) in [5.74, 6) is -2.93. The first kappa shape index (κ1) is 17.9. The molecule has 0 atom stereocenters. The van der Waals surface area contributed by atoms with E-state index in [0.29, 0.717) is 0 Å². The molecule has 0 fully saturated rings. The van der Waals surface area contributed by atoms with Gasteiger partial charge in [0.15, 0.2) is 17.3 Å². The highest BCUT2D eigenvalue weighted by molar-refractivity contribution is 6.30. The van der Waals surface area contributed by atoms with E-state index in [1.165, 1.54) is 24.4 Å². The normalized spacial score (nSPS) is 11.0. The van der Waals surface area contributed by atoms with Crippen molar-refractivity contribution in [1.29, 1.82) is 0 Å². The molecule has 0 saturated carbocycles. The highest BCUT2D eigenvalue weighted by Crippen LogP contribution is 2.24. The van der Waals surface area contributed by atoms with Crippen LogP contribution in [0.4, 0.5) is 13.2 Å². The van der Waals surface area contributed by atoms with Gasteiger partial charge in [0.05, 0.1) is 10.7 Å². The lowest BCUT2D eigenvalue weighted by molar-refractivity contribution is 0.429. The van der Waals surface area contributed by atoms with Gasteiger partial charge in [0.1, 0.15) is 5.82 Å². The third-order valence-electron chi connectivity index (χ3n) is 3.78. The van der Waals surface area contributed by atoms with Crippen molar-refractivity contribution in [2.45, 2.75) is 0 Å². The smallest absolute Gasteiger partial charge is 0.282 e. The van der Waals surface area contributed by atoms with Crippen LogP contribution >= 0.6 is 11.6 Å². The average molecular weight is 405 g/mol. The van der Waals surface area contributed by atoms with Crippen molar-refractivity contribution < 1.29 is 17.7 Å². The maximum Gasteiger partial charge on any atom is 0.282 e. The standard InChI is InChI=1S/C18H8ClF3N4O2/c19-11-3-1-9(7-13(11)21)17-23-18(28-25-17)16-15(27)5-6-26(24-16)10-2-4-12(20)14(22)8-10/h1-8H. The Morgan fingerprint density at radius 3 is 2.54 bits per heavy atom. The summed E-state index contributed by atoms with van der Waals surface area (Å²) in [6.45, 7) is 0. The highest BCUT2D eigenvalue weighted by atomic mass is 35.5. The van der Waals surface area contributed by atoms with Crippen molar-refractivity contribution in [2.24, 2.45) is 0 Å². The fourth-order valence-electron chi connectivity index (χ4n) is 2.40. The molecule has 4 rings (SSSR count). The van der Waals surface area contributed by atoms with Crippen molar-refractivity contribution in [3.63, 3.8) is 0 Å². The van der Waals surface area contributed by atoms with Gasteiger partial charge >= 0.3 is 0 Å². The molecular weight excluding hydrogens is 397 g/mol. The quantitative estimate of drug-likeness (QED) is 0.515. The van der Waals surface area contributed by atoms with Gasteiger partial charge in [0, 0.05) is 23.9 Å². The Hall–Kier alpha value is -3.46. The van der Waals surface area contributed by atoms with E-state index in [2.05, 4.69) is 15.2 Å². The third-order valence-corrected chi connectivity index (χ3v) is 4.09. The minimum atomic E-state index is -1.07. The molecule has 4 aromatic rings. The van der Waals surface area contributed by atoms with E-state index in [0.717, 1.165) is 28.9 Å². The number of aromatic nitrogens is 4. The molecular formula is C18H8ClF3N4O2. The molecule has 0 spiro atoms. The highest BCUT2D eigenvalue weighted by Gasteiger charge is 2.17. The average Bonchev–Trinajstić information content (AvgIpc) is 3.16. The zero-order chi connectivity index (χ0) is 19.8. The van der Waals surface area contributed by atoms with E-state index in [4.69, 9.17) is 16.1 Å². The van der Waals surface area contributed by atoms with Gasteiger partial charge in [-0.3, -0.25) is 4.79 Å². The maximum atomic E-state index is 13.6. The fraction of sp³-hybridized carbons (Fsp3) is 0. The number of nitrogens with zero attached hydrogens (tertiary/aromatic N) is 4. The molecule has 2 aromatic heterocycles. The fourth-order valence-corrected chi connectivity index (χ4v) is 2.52. The molecule has 0 N–H and O–H groups in total. The van der Waals surface area contributed by atoms with E-state index >= 15 is 0 Å². The number of rotatable bonds is 3. The number of hydrogen-bond acceptors (Lipinski definition) is 5. The molecule has 0 bridgehead atoms. The lowest BCUT2D eigenvalue weighted by Gasteiger charge is -2.06. The summed E-state index contributed by atoms with van der Waals surface area (Å²) < 4.78 is 46.4. The van der Waals surface area contributed by atoms with Crippen LogP contribution < -0.4 is 5.43 Å². The second kappa shape index (κ2) is 6.93. The Labute approximate surface area is 159 Å². The van der Waals surface area contributed by atoms with Crippen LogP contribution in [0.3, 0.4) is 0 Å². The molecule has 2 aromatic carbocycles. The van der Waals surface area contributed by atoms with E-state index < -0.39 is 22.9 Å². The van der Waals surface area contributed by atoms with Crippen molar-refractivity contribution in [3.8, 4) is 28.7 Å². The van der Waals surface area contributed by atoms with Gasteiger partial charge in [-0.1, -0.05) is 16.8 Å². The SMILES string of the molecule is O=c1ccn(-c2ccc(F)c(F)c2)nc1-c1nc(-c2ccc(Cl)c(F)c2)no1. The number of benzene rings is 2. The molecule has 28 heavy (non-hydrogen) atoms. The first-order valence-corrected chi connectivity index (χ1v) is 8.15. The van der Waals surface area contributed by atoms with E-state index in [1.54, 1.807) is 0 Å². The topological polar surface area (TPSA) is 73.8 Å². The number of halogens is 4. The minimum Gasteiger partial charge on any atom is -0.332 e. The van der Waals surface area contributed by atoms with Gasteiger partial charge < -0.3 is 4.52 Å². The predicted octanol–water partition coefficient (Wildman–Crippen LogP) is 4.02. The van der Waals surface area contributed by atoms with E-state index in [-0.39, 0.29) is 33.7 Å². The molecule has 140 valence electrons. The number of hydrogen-bond donors (Lipinski definition) is 0. The van der Waals surface area contributed by atoms with Gasteiger partial charge in [-0.05, 0) is 30.3 Å². The summed E-state index contributed by atoms with van der Waals surface area (Å²) in [6, 6.07) is 8.24. The monoisotopic (exact) mass is 404 g/mol. The summed E-state index contributed by atoms with van der Waals surface area (Å²) in [7, 11) is 0. The second-order valence-electron chi connectivity index (χ2n) is 5.62. The van der Waals surface area contributed by atoms with Crippen molar-refractivity contribution in [1.82, 2.24) is 19.9 Å². The Balaban J connectivity index is 1.75. The van der Waals surface area contributed by atoms with Crippen LogP contribution in [0.25, 0.3) is 28.7 Å². The van der Waals surface area contributed by atoms with Crippen LogP contribution in [0.15, 0.2) is 58.0 Å². The van der Waals surface area contributed by atoms with Gasteiger partial charge in [0.25, 0.3) is 5.89 Å². The van der Waals surface area contributed by atoms with Gasteiger partial charge in [-0.25, -0.2) is 17.9 Å².